The molecule has 1 aliphatic rings. The highest BCUT2D eigenvalue weighted by molar-refractivity contribution is 5.80. The largest absolute Gasteiger partial charge is 0.465 e. The van der Waals surface area contributed by atoms with Gasteiger partial charge in [-0.15, -0.1) is 0 Å². The molecule has 2 atom stereocenters. The molecule has 0 aromatic rings. The zero-order valence-electron chi connectivity index (χ0n) is 13.7. The zero-order chi connectivity index (χ0) is 15.0. The van der Waals surface area contributed by atoms with Gasteiger partial charge in [-0.05, 0) is 66.1 Å². The van der Waals surface area contributed by atoms with E-state index in [4.69, 9.17) is 4.74 Å². The maximum atomic E-state index is 12.3. The van der Waals surface area contributed by atoms with Crippen molar-refractivity contribution in [3.8, 4) is 0 Å². The number of esters is 1. The average Bonchev–Trinajstić information content (AvgIpc) is 2.46. The third-order valence-corrected chi connectivity index (χ3v) is 4.21. The van der Waals surface area contributed by atoms with Crippen LogP contribution in [0.4, 0.5) is 0 Å². The number of nitrogens with one attached hydrogen (secondary N) is 1. The van der Waals surface area contributed by atoms with Gasteiger partial charge in [-0.1, -0.05) is 13.3 Å². The van der Waals surface area contributed by atoms with Gasteiger partial charge in [0.05, 0.1) is 6.61 Å². The number of hydrogen-bond acceptors (Lipinski definition) is 4. The third-order valence-electron chi connectivity index (χ3n) is 4.21. The fraction of sp³-hybridized carbons (Fsp3) is 0.938. The van der Waals surface area contributed by atoms with Crippen LogP contribution in [-0.4, -0.2) is 48.7 Å². The highest BCUT2D eigenvalue weighted by atomic mass is 16.5. The first-order chi connectivity index (χ1) is 9.53. The fourth-order valence-corrected chi connectivity index (χ4v) is 3.00. The molecule has 1 rings (SSSR count). The van der Waals surface area contributed by atoms with Crippen LogP contribution in [-0.2, 0) is 9.53 Å². The van der Waals surface area contributed by atoms with E-state index in [0.717, 1.165) is 32.5 Å². The first-order valence-electron chi connectivity index (χ1n) is 8.19. The number of carbonyl (C=O) groups excluding carboxylic acids is 1. The van der Waals surface area contributed by atoms with Crippen LogP contribution in [0.5, 0.6) is 0 Å². The number of rotatable bonds is 8. The Labute approximate surface area is 124 Å². The van der Waals surface area contributed by atoms with Gasteiger partial charge in [0.1, 0.15) is 5.54 Å². The van der Waals surface area contributed by atoms with E-state index in [2.05, 4.69) is 24.1 Å². The molecule has 20 heavy (non-hydrogen) atoms. The number of ether oxygens (including phenoxy) is 1. The molecule has 4 nitrogen and oxygen atoms in total. The van der Waals surface area contributed by atoms with Crippen molar-refractivity contribution in [2.45, 2.75) is 71.4 Å². The maximum Gasteiger partial charge on any atom is 0.326 e. The van der Waals surface area contributed by atoms with E-state index in [1.54, 1.807) is 0 Å². The highest BCUT2D eigenvalue weighted by Gasteiger charge is 2.37. The summed E-state index contributed by atoms with van der Waals surface area (Å²) in [5.41, 5.74) is -0.567. The lowest BCUT2D eigenvalue weighted by atomic mass is 9.91. The van der Waals surface area contributed by atoms with Gasteiger partial charge < -0.3 is 15.0 Å². The van der Waals surface area contributed by atoms with E-state index < -0.39 is 5.54 Å². The van der Waals surface area contributed by atoms with Gasteiger partial charge in [0.25, 0.3) is 0 Å². The first kappa shape index (κ1) is 17.4. The summed E-state index contributed by atoms with van der Waals surface area (Å²) in [7, 11) is 0. The lowest BCUT2D eigenvalue weighted by molar-refractivity contribution is -0.151. The molecule has 1 heterocycles. The van der Waals surface area contributed by atoms with Gasteiger partial charge in [0.2, 0.25) is 0 Å². The molecule has 0 aromatic carbocycles. The van der Waals surface area contributed by atoms with E-state index in [9.17, 15) is 4.79 Å². The molecule has 0 spiro atoms. The van der Waals surface area contributed by atoms with Crippen molar-refractivity contribution < 1.29 is 9.53 Å². The minimum Gasteiger partial charge on any atom is -0.465 e. The molecule has 4 heteroatoms. The van der Waals surface area contributed by atoms with Crippen molar-refractivity contribution in [3.05, 3.63) is 0 Å². The Hall–Kier alpha value is -0.610. The van der Waals surface area contributed by atoms with Gasteiger partial charge in [0.15, 0.2) is 0 Å². The van der Waals surface area contributed by atoms with Crippen molar-refractivity contribution in [2.75, 3.05) is 26.2 Å². The number of hydrogen-bond donors (Lipinski definition) is 1. The summed E-state index contributed by atoms with van der Waals surface area (Å²) in [6.07, 6.45) is 5.73. The lowest BCUT2D eigenvalue weighted by Crippen LogP contribution is -2.55. The second-order valence-electron chi connectivity index (χ2n) is 6.13. The smallest absolute Gasteiger partial charge is 0.326 e. The predicted molar refractivity (Wildman–Crippen MR) is 82.8 cm³/mol. The van der Waals surface area contributed by atoms with Gasteiger partial charge in [-0.3, -0.25) is 4.79 Å². The first-order valence-corrected chi connectivity index (χ1v) is 8.19. The summed E-state index contributed by atoms with van der Waals surface area (Å²) in [5, 5.41) is 3.40. The van der Waals surface area contributed by atoms with Crippen LogP contribution in [0.25, 0.3) is 0 Å². The molecule has 1 aliphatic heterocycles. The van der Waals surface area contributed by atoms with Crippen LogP contribution >= 0.6 is 0 Å². The van der Waals surface area contributed by atoms with Crippen molar-refractivity contribution in [1.29, 1.82) is 0 Å². The number of carbonyl (C=O) groups is 1. The van der Waals surface area contributed by atoms with E-state index in [-0.39, 0.29) is 5.97 Å². The normalized spacial score (nSPS) is 21.2. The van der Waals surface area contributed by atoms with Crippen LogP contribution in [0, 0.1) is 0 Å². The standard InChI is InChI=1S/C16H32N2O2/c1-5-10-17-16(4,15(19)20-6-2)13-14(3)18-11-8-7-9-12-18/h14,17H,5-13H2,1-4H3. The topological polar surface area (TPSA) is 41.6 Å². The molecule has 0 saturated carbocycles. The molecule has 0 aromatic heterocycles. The monoisotopic (exact) mass is 284 g/mol. The Morgan fingerprint density at radius 1 is 1.30 bits per heavy atom. The Kier molecular flexibility index (Phi) is 7.52. The van der Waals surface area contributed by atoms with Crippen LogP contribution in [0.2, 0.25) is 0 Å². The second kappa shape index (κ2) is 8.63. The minimum absolute atomic E-state index is 0.114. The summed E-state index contributed by atoms with van der Waals surface area (Å²) in [5.74, 6) is -0.114. The third kappa shape index (κ3) is 5.06. The molecular weight excluding hydrogens is 252 g/mol. The summed E-state index contributed by atoms with van der Waals surface area (Å²) >= 11 is 0. The van der Waals surface area contributed by atoms with Crippen molar-refractivity contribution >= 4 is 5.97 Å². The van der Waals surface area contributed by atoms with Crippen LogP contribution in [0.3, 0.4) is 0 Å². The SMILES string of the molecule is CCCNC(C)(CC(C)N1CCCCC1)C(=O)OCC. The van der Waals surface area contributed by atoms with Gasteiger partial charge in [0, 0.05) is 6.04 Å². The minimum atomic E-state index is -0.567. The van der Waals surface area contributed by atoms with Crippen molar-refractivity contribution in [3.63, 3.8) is 0 Å². The van der Waals surface area contributed by atoms with Gasteiger partial charge in [-0.25, -0.2) is 0 Å². The van der Waals surface area contributed by atoms with E-state index >= 15 is 0 Å². The second-order valence-corrected chi connectivity index (χ2v) is 6.13. The molecule has 1 N–H and O–H groups in total. The van der Waals surface area contributed by atoms with Gasteiger partial charge in [-0.2, -0.15) is 0 Å². The number of piperidine rings is 1. The molecule has 0 radical (unpaired) electrons. The summed E-state index contributed by atoms with van der Waals surface area (Å²) < 4.78 is 5.27. The number of nitrogens with zero attached hydrogens (tertiary/aromatic N) is 1. The summed E-state index contributed by atoms with van der Waals surface area (Å²) in [6, 6.07) is 0.411. The van der Waals surface area contributed by atoms with E-state index in [1.807, 2.05) is 13.8 Å². The Balaban J connectivity index is 2.64. The molecule has 0 bridgehead atoms. The summed E-state index contributed by atoms with van der Waals surface area (Å²) in [6.45, 7) is 11.8. The highest BCUT2D eigenvalue weighted by Crippen LogP contribution is 2.21. The quantitative estimate of drug-likeness (QED) is 0.696. The maximum absolute atomic E-state index is 12.3. The number of likely N-dealkylation sites (tertiary alicyclic amines) is 1. The van der Waals surface area contributed by atoms with Crippen LogP contribution in [0.15, 0.2) is 0 Å². The van der Waals surface area contributed by atoms with Crippen LogP contribution in [0.1, 0.15) is 59.8 Å². The Bertz CT molecular complexity index is 290. The van der Waals surface area contributed by atoms with Crippen LogP contribution < -0.4 is 5.32 Å². The van der Waals surface area contributed by atoms with Gasteiger partial charge >= 0.3 is 5.97 Å². The molecule has 1 fully saturated rings. The van der Waals surface area contributed by atoms with Crippen molar-refractivity contribution in [2.24, 2.45) is 0 Å². The molecule has 2 unspecified atom stereocenters. The molecule has 118 valence electrons. The molecule has 1 saturated heterocycles. The van der Waals surface area contributed by atoms with E-state index in [0.29, 0.717) is 12.6 Å². The molecular formula is C16H32N2O2. The molecule has 0 aliphatic carbocycles. The van der Waals surface area contributed by atoms with Crippen molar-refractivity contribution in [1.82, 2.24) is 10.2 Å². The van der Waals surface area contributed by atoms with E-state index in [1.165, 1.54) is 19.3 Å². The fourth-order valence-electron chi connectivity index (χ4n) is 3.00. The Morgan fingerprint density at radius 3 is 2.50 bits per heavy atom. The summed E-state index contributed by atoms with van der Waals surface area (Å²) in [4.78, 5) is 14.8. The Morgan fingerprint density at radius 2 is 1.95 bits per heavy atom. The molecule has 0 amide bonds. The zero-order valence-corrected chi connectivity index (χ0v) is 13.7. The average molecular weight is 284 g/mol. The lowest BCUT2D eigenvalue weighted by Gasteiger charge is -2.38. The predicted octanol–water partition coefficient (Wildman–Crippen LogP) is 2.57.